The topological polar surface area (TPSA) is 90.4 Å². The van der Waals surface area contributed by atoms with Gasteiger partial charge in [-0.1, -0.05) is 65.7 Å². The number of likely N-dealkylation sites (tertiary alicyclic amines) is 1. The number of benzene rings is 1. The van der Waals surface area contributed by atoms with Gasteiger partial charge in [-0.25, -0.2) is 0 Å². The minimum atomic E-state index is -1.25. The molecule has 0 aromatic heterocycles. The Hall–Kier alpha value is -2.20. The highest BCUT2D eigenvalue weighted by Crippen LogP contribution is 2.61. The predicted molar refractivity (Wildman–Crippen MR) is 155 cm³/mol. The van der Waals surface area contributed by atoms with Crippen LogP contribution in [0.3, 0.4) is 0 Å². The van der Waals surface area contributed by atoms with E-state index in [4.69, 9.17) is 16.3 Å². The van der Waals surface area contributed by atoms with Crippen molar-refractivity contribution in [3.05, 3.63) is 54.1 Å². The van der Waals surface area contributed by atoms with E-state index in [1.807, 2.05) is 32.9 Å². The van der Waals surface area contributed by atoms with Gasteiger partial charge < -0.3 is 24.5 Å². The molecule has 3 unspecified atom stereocenters. The third-order valence-corrected chi connectivity index (χ3v) is 9.53. The van der Waals surface area contributed by atoms with Crippen molar-refractivity contribution < 1.29 is 24.2 Å². The van der Waals surface area contributed by atoms with E-state index in [0.29, 0.717) is 23.7 Å². The fraction of sp³-hybridized carbons (Fsp3) is 0.552. The van der Waals surface area contributed by atoms with E-state index in [2.05, 4.69) is 29.1 Å². The molecule has 3 saturated heterocycles. The van der Waals surface area contributed by atoms with Crippen molar-refractivity contribution in [2.24, 2.45) is 17.8 Å². The van der Waals surface area contributed by atoms with Gasteiger partial charge in [0.05, 0.1) is 41.3 Å². The van der Waals surface area contributed by atoms with Crippen LogP contribution in [0.4, 0.5) is 5.69 Å². The molecular weight excluding hydrogens is 586 g/mol. The highest BCUT2D eigenvalue weighted by molar-refractivity contribution is 9.09. The van der Waals surface area contributed by atoms with E-state index < -0.39 is 35.6 Å². The van der Waals surface area contributed by atoms with Gasteiger partial charge >= 0.3 is 0 Å². The van der Waals surface area contributed by atoms with Crippen LogP contribution >= 0.6 is 27.5 Å². The minimum absolute atomic E-state index is 0.153. The number of ether oxygens (including phenoxy) is 1. The summed E-state index contributed by atoms with van der Waals surface area (Å²) < 4.78 is 6.62. The summed E-state index contributed by atoms with van der Waals surface area (Å²) in [7, 11) is 1.67. The fourth-order valence-electron chi connectivity index (χ4n) is 6.68. The van der Waals surface area contributed by atoms with Crippen molar-refractivity contribution in [3.8, 4) is 0 Å². The van der Waals surface area contributed by atoms with Crippen LogP contribution in [0, 0.1) is 24.7 Å². The molecule has 8 nitrogen and oxygen atoms in total. The van der Waals surface area contributed by atoms with Crippen LogP contribution in [0.25, 0.3) is 0 Å². The van der Waals surface area contributed by atoms with Crippen LogP contribution in [-0.4, -0.2) is 88.0 Å². The molecule has 3 aliphatic heterocycles. The number of carbonyl (C=O) groups excluding carboxylic acids is 3. The zero-order valence-corrected chi connectivity index (χ0v) is 25.2. The molecule has 10 heteroatoms. The Morgan fingerprint density at radius 1 is 1.28 bits per heavy atom. The molecule has 0 radical (unpaired) electrons. The molecule has 3 heterocycles. The maximum atomic E-state index is 14.7. The first kappa shape index (κ1) is 29.8. The van der Waals surface area contributed by atoms with E-state index in [1.54, 1.807) is 30.2 Å². The normalized spacial score (nSPS) is 29.9. The number of nitrogens with zero attached hydrogens (tertiary/aromatic N) is 3. The number of aryl methyl sites for hydroxylation is 1. The Morgan fingerprint density at radius 2 is 1.95 bits per heavy atom. The average molecular weight is 623 g/mol. The summed E-state index contributed by atoms with van der Waals surface area (Å²) in [5.74, 6) is -2.75. The van der Waals surface area contributed by atoms with Crippen LogP contribution in [0.1, 0.15) is 25.8 Å². The van der Waals surface area contributed by atoms with E-state index >= 15 is 0 Å². The maximum absolute atomic E-state index is 14.7. The molecule has 4 rings (SSSR count). The third kappa shape index (κ3) is 4.65. The second-order valence-corrected chi connectivity index (χ2v) is 12.6. The monoisotopic (exact) mass is 621 g/mol. The fourth-order valence-corrected chi connectivity index (χ4v) is 7.94. The number of amides is 3. The van der Waals surface area contributed by atoms with Gasteiger partial charge in [-0.3, -0.25) is 14.4 Å². The van der Waals surface area contributed by atoms with Crippen LogP contribution in [0.15, 0.2) is 43.5 Å². The largest absolute Gasteiger partial charge is 0.394 e. The molecule has 7 atom stereocenters. The van der Waals surface area contributed by atoms with Crippen molar-refractivity contribution in [3.63, 3.8) is 0 Å². The van der Waals surface area contributed by atoms with E-state index in [0.717, 1.165) is 5.56 Å². The van der Waals surface area contributed by atoms with Crippen LogP contribution in [-0.2, 0) is 19.1 Å². The lowest BCUT2D eigenvalue weighted by molar-refractivity contribution is -0.147. The van der Waals surface area contributed by atoms with Crippen LogP contribution in [0.2, 0.25) is 5.02 Å². The minimum Gasteiger partial charge on any atom is -0.394 e. The number of fused-ring (bicyclic) bond motifs is 1. The Labute approximate surface area is 243 Å². The van der Waals surface area contributed by atoms with Crippen molar-refractivity contribution in [2.45, 2.75) is 55.8 Å². The lowest BCUT2D eigenvalue weighted by atomic mass is 9.70. The highest BCUT2D eigenvalue weighted by atomic mass is 79.9. The maximum Gasteiger partial charge on any atom is 0.253 e. The number of carbonyl (C=O) groups is 3. The summed E-state index contributed by atoms with van der Waals surface area (Å²) in [6.07, 6.45) is 3.04. The van der Waals surface area contributed by atoms with Crippen molar-refractivity contribution in [1.82, 2.24) is 9.80 Å². The Balaban J connectivity index is 1.89. The molecule has 3 amide bonds. The van der Waals surface area contributed by atoms with E-state index in [-0.39, 0.29) is 41.6 Å². The van der Waals surface area contributed by atoms with Crippen LogP contribution < -0.4 is 4.90 Å². The first-order valence-electron chi connectivity index (χ1n) is 13.2. The summed E-state index contributed by atoms with van der Waals surface area (Å²) in [6, 6.07) is 3.67. The second kappa shape index (κ2) is 11.4. The molecule has 0 aliphatic carbocycles. The zero-order valence-electron chi connectivity index (χ0n) is 22.8. The van der Waals surface area contributed by atoms with Gasteiger partial charge in [0, 0.05) is 25.0 Å². The smallest absolute Gasteiger partial charge is 0.253 e. The van der Waals surface area contributed by atoms with Crippen molar-refractivity contribution in [2.75, 3.05) is 31.6 Å². The molecule has 3 fully saturated rings. The number of aliphatic hydroxyl groups excluding tert-OH is 1. The standard InChI is InChI=1S/C29H37BrClN3O5/c1-7-12-32(6)26(36)21-22-27(37)34(20(15-35)16(3)4)25(29(22)14-18(30)24(21)39-29)28(38)33(13-8-2)23-17(5)10-9-11-19(23)31/h7-11,16,18,20-22,24-25,35H,1-2,12-15H2,3-6H3/t18?,20-,21+,22-,24+,25?,29?/m0/s1. The van der Waals surface area contributed by atoms with Gasteiger partial charge in [0.25, 0.3) is 5.91 Å². The number of para-hydroxylation sites is 1. The molecular formula is C29H37BrClN3O5. The Morgan fingerprint density at radius 3 is 2.51 bits per heavy atom. The van der Waals surface area contributed by atoms with Gasteiger partial charge in [0.2, 0.25) is 11.8 Å². The number of halogens is 2. The molecule has 3 aliphatic rings. The quantitative estimate of drug-likeness (QED) is 0.318. The van der Waals surface area contributed by atoms with Gasteiger partial charge in [0.15, 0.2) is 0 Å². The van der Waals surface area contributed by atoms with Crippen molar-refractivity contribution >= 4 is 50.9 Å². The number of likely N-dealkylation sites (N-methyl/N-ethyl adjacent to an activating group) is 1. The first-order valence-corrected chi connectivity index (χ1v) is 14.5. The first-order chi connectivity index (χ1) is 18.5. The second-order valence-electron chi connectivity index (χ2n) is 11.1. The van der Waals surface area contributed by atoms with E-state index in [1.165, 1.54) is 9.80 Å². The molecule has 0 saturated carbocycles. The van der Waals surface area contributed by atoms with Crippen LogP contribution in [0.5, 0.6) is 0 Å². The molecule has 1 N–H and O–H groups in total. The summed E-state index contributed by atoms with van der Waals surface area (Å²) in [4.78, 5) is 47.1. The number of anilines is 1. The molecule has 1 spiro atoms. The molecule has 39 heavy (non-hydrogen) atoms. The number of rotatable bonds is 10. The predicted octanol–water partition coefficient (Wildman–Crippen LogP) is 3.58. The number of hydrogen-bond donors (Lipinski definition) is 1. The molecule has 2 bridgehead atoms. The molecule has 1 aromatic rings. The number of aliphatic hydroxyl groups is 1. The molecule has 1 aromatic carbocycles. The number of hydrogen-bond acceptors (Lipinski definition) is 5. The summed E-state index contributed by atoms with van der Waals surface area (Å²) in [5, 5.41) is 10.8. The van der Waals surface area contributed by atoms with Gasteiger partial charge in [-0.05, 0) is 30.9 Å². The van der Waals surface area contributed by atoms with E-state index in [9.17, 15) is 19.5 Å². The third-order valence-electron chi connectivity index (χ3n) is 8.38. The Bertz CT molecular complexity index is 1160. The lowest BCUT2D eigenvalue weighted by Crippen LogP contribution is -2.60. The Kier molecular flexibility index (Phi) is 8.67. The lowest BCUT2D eigenvalue weighted by Gasteiger charge is -2.40. The zero-order chi connectivity index (χ0) is 28.8. The average Bonchev–Trinajstić information content (AvgIpc) is 3.46. The van der Waals surface area contributed by atoms with Gasteiger partial charge in [-0.15, -0.1) is 13.2 Å². The van der Waals surface area contributed by atoms with Gasteiger partial charge in [0.1, 0.15) is 11.6 Å². The summed E-state index contributed by atoms with van der Waals surface area (Å²) in [5.41, 5.74) is 0.0705. The highest BCUT2D eigenvalue weighted by Gasteiger charge is 2.77. The van der Waals surface area contributed by atoms with Crippen molar-refractivity contribution in [1.29, 1.82) is 0 Å². The van der Waals surface area contributed by atoms with Gasteiger partial charge in [-0.2, -0.15) is 0 Å². The summed E-state index contributed by atoms with van der Waals surface area (Å²) >= 11 is 10.3. The SMILES string of the molecule is C=CCN(C)C(=O)[C@H]1[C@@H]2OC3(CC2Br)C(C(=O)N(CC=C)c2c(C)cccc2Cl)N([C@@H](CO)C(C)C)C(=O)[C@H]13. The summed E-state index contributed by atoms with van der Waals surface area (Å²) in [6.45, 7) is 13.4. The molecule has 212 valence electrons. The number of alkyl halides is 1.